The number of fused-ring (bicyclic) bond motifs is 2. The number of carboxylic acids is 1. The lowest BCUT2D eigenvalue weighted by Crippen LogP contribution is -2.39. The summed E-state index contributed by atoms with van der Waals surface area (Å²) in [6.07, 6.45) is 13.9. The number of nitrogens with one attached hydrogen (secondary N) is 1. The third-order valence-corrected chi connectivity index (χ3v) is 8.82. The average molecular weight is 832 g/mol. The minimum Gasteiger partial charge on any atom is -0.778 e. The molecule has 0 radical (unpaired) electrons. The van der Waals surface area contributed by atoms with Gasteiger partial charge in [-0.25, -0.2) is 9.38 Å². The quantitative estimate of drug-likeness (QED) is 0.0863. The minimum atomic E-state index is -4.35. The van der Waals surface area contributed by atoms with Crippen LogP contribution < -0.4 is 36.1 Å². The first-order valence-corrected chi connectivity index (χ1v) is 22.2. The standard InChI is InChI=1S/C18H17FN4O2S.C8H14N4OS.C3H8NO5P.C3H9S/c1-4-5-22-13-7-12(11(19)6-14(13)25-9-16(22)24)20-17-23-10-18(2,3)8-15(23)21-26-17;1-8(2,3)5-6(13)12(9)7(14-4)11-10-5;5-3(6)1-4-2-10(7,8)9;1-4(2)3/h1,6-7H,5,8-10H2,2-3H3;9H2,1-4H3;4H,1-2H2,(H,5,6)(H2,7,8,9);1-3H3/q;;;+1/p-1/b20-17-;;;. The molecule has 1 amide bonds. The predicted octanol–water partition coefficient (Wildman–Crippen LogP) is 1.29. The number of aromatic nitrogens is 5. The van der Waals surface area contributed by atoms with Crippen molar-refractivity contribution in [2.24, 2.45) is 10.4 Å². The zero-order chi connectivity index (χ0) is 41.2. The van der Waals surface area contributed by atoms with Crippen LogP contribution >= 0.6 is 30.9 Å². The van der Waals surface area contributed by atoms with E-state index in [-0.39, 0.29) is 41.1 Å². The molecule has 5 N–H and O–H groups in total. The van der Waals surface area contributed by atoms with Gasteiger partial charge >= 0.3 is 5.97 Å². The number of carboxylic acid groups (broad SMARTS) is 1. The summed E-state index contributed by atoms with van der Waals surface area (Å²) in [6, 6.07) is 2.76. The third kappa shape index (κ3) is 14.1. The van der Waals surface area contributed by atoms with Crippen LogP contribution in [0, 0.1) is 23.6 Å². The Morgan fingerprint density at radius 2 is 1.93 bits per heavy atom. The molecule has 22 heteroatoms. The molecular formula is C32H47FN9O8PS3. The molecule has 1 unspecified atom stereocenters. The maximum absolute atomic E-state index is 14.5. The molecule has 54 heavy (non-hydrogen) atoms. The Labute approximate surface area is 324 Å². The van der Waals surface area contributed by atoms with Crippen LogP contribution in [-0.4, -0.2) is 96.7 Å². The van der Waals surface area contributed by atoms with Gasteiger partial charge in [0, 0.05) is 36.0 Å². The van der Waals surface area contributed by atoms with Gasteiger partial charge in [-0.3, -0.25) is 24.6 Å². The Balaban J connectivity index is 0.000000303. The number of terminal acetylenes is 1. The fourth-order valence-electron chi connectivity index (χ4n) is 4.54. The van der Waals surface area contributed by atoms with Crippen LogP contribution in [-0.2, 0) is 43.4 Å². The zero-order valence-corrected chi connectivity index (χ0v) is 34.9. The first-order valence-electron chi connectivity index (χ1n) is 15.9. The van der Waals surface area contributed by atoms with E-state index in [9.17, 15) is 28.2 Å². The van der Waals surface area contributed by atoms with E-state index in [4.69, 9.17) is 27.0 Å². The lowest BCUT2D eigenvalue weighted by molar-refractivity contribution is -0.193. The van der Waals surface area contributed by atoms with E-state index in [1.54, 1.807) is 6.26 Å². The highest BCUT2D eigenvalue weighted by Gasteiger charge is 2.31. The van der Waals surface area contributed by atoms with Gasteiger partial charge in [0.2, 0.25) is 9.96 Å². The molecular weight excluding hydrogens is 785 g/mol. The number of carbonyl (C=O) groups excluding carboxylic acids is 1. The van der Waals surface area contributed by atoms with Crippen molar-refractivity contribution in [1.82, 2.24) is 29.1 Å². The van der Waals surface area contributed by atoms with Gasteiger partial charge in [0.15, 0.2) is 12.4 Å². The second-order valence-corrected chi connectivity index (χ2v) is 19.5. The highest BCUT2D eigenvalue weighted by Crippen LogP contribution is 2.37. The van der Waals surface area contributed by atoms with Gasteiger partial charge in [0.1, 0.15) is 30.6 Å². The number of amides is 1. The molecule has 17 nitrogen and oxygen atoms in total. The molecule has 2 aromatic heterocycles. The van der Waals surface area contributed by atoms with Crippen LogP contribution in [0.25, 0.3) is 0 Å². The third-order valence-electron chi connectivity index (χ3n) is 6.78. The van der Waals surface area contributed by atoms with Gasteiger partial charge in [-0.05, 0) is 28.6 Å². The Hall–Kier alpha value is -3.77. The fraction of sp³-hybridized carbons (Fsp3) is 0.531. The van der Waals surface area contributed by atoms with Crippen molar-refractivity contribution in [3.63, 3.8) is 0 Å². The number of hydrogen-bond donors (Lipinski definition) is 4. The first kappa shape index (κ1) is 46.4. The summed E-state index contributed by atoms with van der Waals surface area (Å²) >= 11 is 2.53. The van der Waals surface area contributed by atoms with Crippen LogP contribution in [0.5, 0.6) is 5.75 Å². The normalized spacial score (nSPS) is 15.5. The molecule has 2 aliphatic heterocycles. The van der Waals surface area contributed by atoms with Gasteiger partial charge < -0.3 is 34.6 Å². The van der Waals surface area contributed by atoms with Gasteiger partial charge in [-0.2, -0.15) is 9.05 Å². The first-order chi connectivity index (χ1) is 24.9. The van der Waals surface area contributed by atoms with E-state index in [0.29, 0.717) is 38.0 Å². The molecule has 4 heterocycles. The Kier molecular flexibility index (Phi) is 16.9. The van der Waals surface area contributed by atoms with Crippen molar-refractivity contribution >= 4 is 65.0 Å². The van der Waals surface area contributed by atoms with E-state index >= 15 is 0 Å². The van der Waals surface area contributed by atoms with Crippen LogP contribution in [0.15, 0.2) is 27.1 Å². The summed E-state index contributed by atoms with van der Waals surface area (Å²) in [5, 5.41) is 18.2. The summed E-state index contributed by atoms with van der Waals surface area (Å²) in [4.78, 5) is 58.0. The van der Waals surface area contributed by atoms with E-state index in [0.717, 1.165) is 23.5 Å². The summed E-state index contributed by atoms with van der Waals surface area (Å²) in [5.41, 5.74) is 0.453. The number of thioether (sulfide) groups is 1. The second-order valence-electron chi connectivity index (χ2n) is 14.0. The lowest BCUT2D eigenvalue weighted by atomic mass is 9.92. The van der Waals surface area contributed by atoms with Crippen LogP contribution in [0.1, 0.15) is 46.1 Å². The number of carbonyl (C=O) groups is 2. The predicted molar refractivity (Wildman–Crippen MR) is 208 cm³/mol. The Morgan fingerprint density at radius 1 is 1.30 bits per heavy atom. The summed E-state index contributed by atoms with van der Waals surface area (Å²) in [5.74, 6) is 7.32. The van der Waals surface area contributed by atoms with Gasteiger partial charge in [0.05, 0.1) is 43.8 Å². The molecule has 298 valence electrons. The molecule has 2 aliphatic rings. The second kappa shape index (κ2) is 19.7. The number of halogens is 1. The monoisotopic (exact) mass is 831 g/mol. The number of anilines is 1. The van der Waals surface area contributed by atoms with Crippen molar-refractivity contribution < 1.29 is 38.2 Å². The molecule has 0 saturated carbocycles. The van der Waals surface area contributed by atoms with Crippen molar-refractivity contribution in [3.8, 4) is 18.1 Å². The summed E-state index contributed by atoms with van der Waals surface area (Å²) in [7, 11) is -3.71. The molecule has 0 fully saturated rings. The topological polar surface area (TPSA) is 243 Å². The fourth-order valence-corrected chi connectivity index (χ4v) is 6.10. The van der Waals surface area contributed by atoms with Crippen LogP contribution in [0.3, 0.4) is 0 Å². The van der Waals surface area contributed by atoms with Gasteiger partial charge in [-0.1, -0.05) is 52.3 Å². The van der Waals surface area contributed by atoms with Crippen LogP contribution in [0.2, 0.25) is 0 Å². The van der Waals surface area contributed by atoms with Crippen molar-refractivity contribution in [3.05, 3.63) is 44.6 Å². The number of nitrogens with zero attached hydrogens (tertiary/aromatic N) is 7. The lowest BCUT2D eigenvalue weighted by Gasteiger charge is -2.28. The van der Waals surface area contributed by atoms with Gasteiger partial charge in [0.25, 0.3) is 11.5 Å². The molecule has 1 atom stereocenters. The number of rotatable bonds is 7. The Morgan fingerprint density at radius 3 is 2.46 bits per heavy atom. The van der Waals surface area contributed by atoms with E-state index in [2.05, 4.69) is 58.1 Å². The van der Waals surface area contributed by atoms with E-state index < -0.39 is 32.2 Å². The Bertz CT molecular complexity index is 2010. The SMILES string of the molecule is C#CCN1C(=O)COc2cc(F)c(/N=c3\snc4n3CC(C)(C)C4)cc21.CSc1nnc(C(C)(C)C)c(=O)n1N.C[S+](C)C.O=C(O)CNCP(=O)([O-])O. The maximum Gasteiger partial charge on any atom is 0.317 e. The van der Waals surface area contributed by atoms with E-state index in [1.807, 2.05) is 30.7 Å². The molecule has 3 aromatic rings. The number of aliphatic carboxylic acids is 1. The van der Waals surface area contributed by atoms with Crippen molar-refractivity contribution in [2.45, 2.75) is 58.2 Å². The highest BCUT2D eigenvalue weighted by molar-refractivity contribution is 7.98. The van der Waals surface area contributed by atoms with Crippen LogP contribution in [0.4, 0.5) is 15.8 Å². The molecule has 1 aromatic carbocycles. The maximum atomic E-state index is 14.5. The number of hydrogen-bond acceptors (Lipinski definition) is 14. The largest absolute Gasteiger partial charge is 0.778 e. The summed E-state index contributed by atoms with van der Waals surface area (Å²) in [6.45, 7) is 10.3. The van der Waals surface area contributed by atoms with Gasteiger partial charge in [-0.15, -0.1) is 16.6 Å². The molecule has 0 aliphatic carbocycles. The number of nitrogen functional groups attached to an aromatic ring is 1. The zero-order valence-electron chi connectivity index (χ0n) is 31.6. The molecule has 0 bridgehead atoms. The number of ether oxygens (including phenoxy) is 1. The van der Waals surface area contributed by atoms with Crippen molar-refractivity contribution in [1.29, 1.82) is 0 Å². The molecule has 0 spiro atoms. The molecule has 0 saturated heterocycles. The summed E-state index contributed by atoms with van der Waals surface area (Å²) < 4.78 is 37.3. The smallest absolute Gasteiger partial charge is 0.317 e. The number of nitrogens with two attached hydrogens (primary N) is 1. The average Bonchev–Trinajstić information content (AvgIpc) is 3.54. The highest BCUT2D eigenvalue weighted by atomic mass is 32.2. The van der Waals surface area contributed by atoms with Crippen molar-refractivity contribution in [2.75, 3.05) is 61.7 Å². The number of benzene rings is 1. The van der Waals surface area contributed by atoms with E-state index in [1.165, 1.54) is 40.3 Å². The minimum absolute atomic E-state index is 0.0964. The molecule has 5 rings (SSSR count).